The van der Waals surface area contributed by atoms with E-state index in [1.807, 2.05) is 43.9 Å². The van der Waals surface area contributed by atoms with E-state index in [0.29, 0.717) is 13.1 Å². The Morgan fingerprint density at radius 1 is 1.00 bits per heavy atom. The van der Waals surface area contributed by atoms with Crippen molar-refractivity contribution in [1.29, 1.82) is 0 Å². The number of fused-ring (bicyclic) bond motifs is 1. The van der Waals surface area contributed by atoms with Gasteiger partial charge < -0.3 is 14.2 Å². The molecular weight excluding hydrogens is 503 g/mol. The molecule has 2 heterocycles. The van der Waals surface area contributed by atoms with Crippen molar-refractivity contribution in [2.75, 3.05) is 6.54 Å². The summed E-state index contributed by atoms with van der Waals surface area (Å²) in [4.78, 5) is 29.1. The Hall–Kier alpha value is -3.15. The molecule has 40 heavy (non-hydrogen) atoms. The van der Waals surface area contributed by atoms with Crippen molar-refractivity contribution in [2.45, 2.75) is 97.2 Å². The fourth-order valence-electron chi connectivity index (χ4n) is 6.82. The second kappa shape index (κ2) is 11.8. The maximum absolute atomic E-state index is 14.4. The molecule has 0 spiro atoms. The first-order valence-corrected chi connectivity index (χ1v) is 15.0. The zero-order chi connectivity index (χ0) is 28.4. The van der Waals surface area contributed by atoms with E-state index in [4.69, 9.17) is 4.74 Å². The summed E-state index contributed by atoms with van der Waals surface area (Å²) in [5.41, 5.74) is 3.63. The van der Waals surface area contributed by atoms with E-state index in [0.717, 1.165) is 66.1 Å². The highest BCUT2D eigenvalue weighted by Gasteiger charge is 2.39. The Bertz CT molecular complexity index is 1370. The number of aryl methyl sites for hydroxylation is 1. The smallest absolute Gasteiger partial charge is 0.307 e. The number of carbonyl (C=O) groups is 2. The molecule has 214 valence electrons. The van der Waals surface area contributed by atoms with Gasteiger partial charge >= 0.3 is 5.97 Å². The maximum Gasteiger partial charge on any atom is 0.307 e. The van der Waals surface area contributed by atoms with Gasteiger partial charge in [0.05, 0.1) is 12.3 Å². The van der Waals surface area contributed by atoms with Crippen molar-refractivity contribution in [2.24, 2.45) is 11.8 Å². The lowest BCUT2D eigenvalue weighted by Gasteiger charge is -2.35. The van der Waals surface area contributed by atoms with Crippen LogP contribution in [0.2, 0.25) is 0 Å². The highest BCUT2D eigenvalue weighted by Crippen LogP contribution is 2.37. The quantitative estimate of drug-likeness (QED) is 0.286. The van der Waals surface area contributed by atoms with Crippen molar-refractivity contribution >= 4 is 22.8 Å². The highest BCUT2D eigenvalue weighted by molar-refractivity contribution is 5.97. The van der Waals surface area contributed by atoms with Crippen LogP contribution in [-0.2, 0) is 20.9 Å². The van der Waals surface area contributed by atoms with E-state index in [1.54, 1.807) is 6.07 Å². The topological polar surface area (TPSA) is 51.5 Å². The van der Waals surface area contributed by atoms with Gasteiger partial charge in [0, 0.05) is 41.8 Å². The van der Waals surface area contributed by atoms with Gasteiger partial charge in [0.25, 0.3) is 0 Å². The van der Waals surface area contributed by atoms with E-state index in [1.165, 1.54) is 12.5 Å². The number of likely N-dealkylation sites (tertiary alicyclic amines) is 1. The Morgan fingerprint density at radius 2 is 1.75 bits per heavy atom. The number of aromatic nitrogens is 1. The highest BCUT2D eigenvalue weighted by atomic mass is 19.1. The number of rotatable bonds is 7. The Kier molecular flexibility index (Phi) is 8.34. The summed E-state index contributed by atoms with van der Waals surface area (Å²) in [6.07, 6.45) is 9.52. The fourth-order valence-corrected chi connectivity index (χ4v) is 6.82. The molecule has 1 aliphatic carbocycles. The molecule has 2 fully saturated rings. The first kappa shape index (κ1) is 28.4. The third kappa shape index (κ3) is 6.26. The van der Waals surface area contributed by atoms with Crippen LogP contribution in [0.1, 0.15) is 77.7 Å². The molecule has 0 N–H and O–H groups in total. The third-order valence-corrected chi connectivity index (χ3v) is 8.69. The molecule has 3 aromatic rings. The minimum atomic E-state index is -0.572. The number of hydrogen-bond acceptors (Lipinski definition) is 3. The molecular formula is C34H43FN2O3. The zero-order valence-corrected chi connectivity index (χ0v) is 24.4. The van der Waals surface area contributed by atoms with Gasteiger partial charge in [-0.15, -0.1) is 0 Å². The molecule has 2 atom stereocenters. The summed E-state index contributed by atoms with van der Waals surface area (Å²) in [7, 11) is 0. The second-order valence-electron chi connectivity index (χ2n) is 12.8. The predicted octanol–water partition coefficient (Wildman–Crippen LogP) is 7.68. The van der Waals surface area contributed by atoms with Crippen molar-refractivity contribution < 1.29 is 18.7 Å². The largest absolute Gasteiger partial charge is 0.460 e. The molecule has 0 unspecified atom stereocenters. The first-order valence-electron chi connectivity index (χ1n) is 15.0. The van der Waals surface area contributed by atoms with E-state index >= 15 is 0 Å². The third-order valence-electron chi connectivity index (χ3n) is 8.69. The molecule has 1 saturated heterocycles. The number of ether oxygens (including phenoxy) is 1. The van der Waals surface area contributed by atoms with Gasteiger partial charge in [0.2, 0.25) is 5.91 Å². The summed E-state index contributed by atoms with van der Waals surface area (Å²) < 4.78 is 22.2. The molecule has 0 bridgehead atoms. The van der Waals surface area contributed by atoms with Crippen LogP contribution in [0, 0.1) is 24.6 Å². The normalized spacial score (nSPS) is 19.2. The van der Waals surface area contributed by atoms with Gasteiger partial charge in [-0.1, -0.05) is 43.5 Å². The summed E-state index contributed by atoms with van der Waals surface area (Å²) >= 11 is 0. The fraction of sp³-hybridized carbons (Fsp3) is 0.529. The van der Waals surface area contributed by atoms with Crippen LogP contribution in [-0.4, -0.2) is 39.5 Å². The molecule has 5 rings (SSSR count). The first-order chi connectivity index (χ1) is 19.1. The van der Waals surface area contributed by atoms with Crippen LogP contribution in [0.3, 0.4) is 0 Å². The molecule has 1 aromatic heterocycles. The van der Waals surface area contributed by atoms with Crippen molar-refractivity contribution in [3.8, 4) is 11.1 Å². The number of nitrogens with zero attached hydrogens (tertiary/aromatic N) is 2. The number of halogens is 1. The summed E-state index contributed by atoms with van der Waals surface area (Å²) in [6.45, 7) is 9.04. The van der Waals surface area contributed by atoms with Crippen LogP contribution in [0.25, 0.3) is 22.0 Å². The van der Waals surface area contributed by atoms with Crippen LogP contribution < -0.4 is 0 Å². The second-order valence-corrected chi connectivity index (χ2v) is 12.8. The van der Waals surface area contributed by atoms with E-state index in [9.17, 15) is 14.0 Å². The SMILES string of the molecule is Cc1ccccc1-c1cn(C[C@@H]2CCCN2C(=O)[C@@H](CC(=O)OC(C)(C)C)C2CCCCC2)c2ccc(F)cc12. The minimum absolute atomic E-state index is 0.0302. The summed E-state index contributed by atoms with van der Waals surface area (Å²) in [6, 6.07) is 13.2. The number of carbonyl (C=O) groups excluding carboxylic acids is 2. The molecule has 1 amide bonds. The minimum Gasteiger partial charge on any atom is -0.460 e. The molecule has 0 radical (unpaired) electrons. The van der Waals surface area contributed by atoms with E-state index < -0.39 is 5.60 Å². The van der Waals surface area contributed by atoms with Gasteiger partial charge in [0.1, 0.15) is 11.4 Å². The maximum atomic E-state index is 14.4. The zero-order valence-electron chi connectivity index (χ0n) is 24.4. The number of benzene rings is 2. The molecule has 2 aliphatic rings. The molecule has 1 aliphatic heterocycles. The monoisotopic (exact) mass is 546 g/mol. The molecule has 5 nitrogen and oxygen atoms in total. The van der Waals surface area contributed by atoms with Crippen molar-refractivity contribution in [1.82, 2.24) is 9.47 Å². The van der Waals surface area contributed by atoms with E-state index in [-0.39, 0.29) is 42.0 Å². The van der Waals surface area contributed by atoms with Crippen molar-refractivity contribution in [3.63, 3.8) is 0 Å². The van der Waals surface area contributed by atoms with E-state index in [2.05, 4.69) is 29.8 Å². The average Bonchev–Trinajstić information content (AvgIpc) is 3.51. The van der Waals surface area contributed by atoms with Gasteiger partial charge in [-0.05, 0) is 88.6 Å². The molecule has 1 saturated carbocycles. The number of amides is 1. The van der Waals surface area contributed by atoms with Crippen LogP contribution in [0.15, 0.2) is 48.7 Å². The van der Waals surface area contributed by atoms with Gasteiger partial charge in [0.15, 0.2) is 0 Å². The van der Waals surface area contributed by atoms with Gasteiger partial charge in [-0.2, -0.15) is 0 Å². The van der Waals surface area contributed by atoms with Gasteiger partial charge in [-0.3, -0.25) is 9.59 Å². The lowest BCUT2D eigenvalue weighted by atomic mass is 9.77. The lowest BCUT2D eigenvalue weighted by Crippen LogP contribution is -2.45. The standard InChI is InChI=1S/C34H43FN2O3/c1-23-11-8-9-15-27(23)30-22-36(31-17-16-25(35)19-29(30)31)21-26-14-10-18-37(26)33(39)28(24-12-6-5-7-13-24)20-32(38)40-34(2,3)4/h8-9,11,15-17,19,22,24,26,28H,5-7,10,12-14,18,20-21H2,1-4H3/t26-,28-/m0/s1. The predicted molar refractivity (Wildman–Crippen MR) is 157 cm³/mol. The lowest BCUT2D eigenvalue weighted by molar-refractivity contribution is -0.160. The summed E-state index contributed by atoms with van der Waals surface area (Å²) in [5.74, 6) is -0.558. The Balaban J connectivity index is 1.42. The number of hydrogen-bond donors (Lipinski definition) is 0. The Labute approximate surface area is 237 Å². The summed E-state index contributed by atoms with van der Waals surface area (Å²) in [5, 5.41) is 0.884. The molecule has 6 heteroatoms. The van der Waals surface area contributed by atoms with Gasteiger partial charge in [-0.25, -0.2) is 4.39 Å². The number of esters is 1. The average molecular weight is 547 g/mol. The molecule has 2 aromatic carbocycles. The Morgan fingerprint density at radius 3 is 2.48 bits per heavy atom. The van der Waals surface area contributed by atoms with Crippen LogP contribution in [0.5, 0.6) is 0 Å². The van der Waals surface area contributed by atoms with Crippen LogP contribution in [0.4, 0.5) is 4.39 Å². The van der Waals surface area contributed by atoms with Crippen LogP contribution >= 0.6 is 0 Å². The van der Waals surface area contributed by atoms with Crippen molar-refractivity contribution in [3.05, 3.63) is 60.0 Å².